The molecule has 0 amide bonds. The molecule has 2 rings (SSSR count). The molecule has 0 bridgehead atoms. The van der Waals surface area contributed by atoms with E-state index in [0.717, 1.165) is 25.1 Å². The monoisotopic (exact) mass is 245 g/mol. The highest BCUT2D eigenvalue weighted by Gasteiger charge is 2.17. The molecule has 0 aromatic heterocycles. The summed E-state index contributed by atoms with van der Waals surface area (Å²) in [6.45, 7) is 8.52. The third-order valence-corrected chi connectivity index (χ3v) is 3.62. The first-order valence-corrected chi connectivity index (χ1v) is 6.59. The van der Waals surface area contributed by atoms with Gasteiger partial charge in [0, 0.05) is 18.7 Å². The fourth-order valence-corrected chi connectivity index (χ4v) is 2.29. The number of phenolic OH excluding ortho intramolecular Hbond substituents is 1. The van der Waals surface area contributed by atoms with Crippen LogP contribution in [0.4, 0.5) is 0 Å². The highest BCUT2D eigenvalue weighted by atomic mass is 16.3. The molecule has 2 nitrogen and oxygen atoms in total. The molecule has 0 fully saturated rings. The van der Waals surface area contributed by atoms with Crippen LogP contribution in [0.5, 0.6) is 5.75 Å². The zero-order valence-electron chi connectivity index (χ0n) is 11.8. The molecule has 98 valence electrons. The van der Waals surface area contributed by atoms with E-state index in [1.54, 1.807) is 0 Å². The average Bonchev–Trinajstić information content (AvgIpc) is 2.29. The molecule has 1 aromatic carbocycles. The molecule has 0 aliphatic carbocycles. The van der Waals surface area contributed by atoms with Gasteiger partial charge in [-0.1, -0.05) is 39.0 Å². The second kappa shape index (κ2) is 4.77. The van der Waals surface area contributed by atoms with E-state index in [2.05, 4.69) is 50.9 Å². The van der Waals surface area contributed by atoms with Crippen molar-refractivity contribution < 1.29 is 5.11 Å². The molecule has 0 unspecified atom stereocenters. The van der Waals surface area contributed by atoms with Crippen molar-refractivity contribution in [2.24, 2.45) is 0 Å². The van der Waals surface area contributed by atoms with Crippen LogP contribution in [-0.2, 0) is 5.41 Å². The number of likely N-dealkylation sites (N-methyl/N-ethyl adjacent to an activating group) is 1. The predicted molar refractivity (Wildman–Crippen MR) is 76.9 cm³/mol. The maximum absolute atomic E-state index is 10.2. The number of rotatable bonds is 1. The van der Waals surface area contributed by atoms with Gasteiger partial charge in [0.2, 0.25) is 0 Å². The first-order chi connectivity index (χ1) is 8.38. The second-order valence-electron chi connectivity index (χ2n) is 6.22. The third-order valence-electron chi connectivity index (χ3n) is 3.62. The van der Waals surface area contributed by atoms with Crippen LogP contribution in [-0.4, -0.2) is 30.1 Å². The molecule has 1 aromatic rings. The topological polar surface area (TPSA) is 23.5 Å². The van der Waals surface area contributed by atoms with Crippen molar-refractivity contribution in [3.8, 4) is 5.75 Å². The van der Waals surface area contributed by atoms with Crippen molar-refractivity contribution in [2.45, 2.75) is 32.6 Å². The lowest BCUT2D eigenvalue weighted by Crippen LogP contribution is -2.23. The van der Waals surface area contributed by atoms with Gasteiger partial charge in [-0.2, -0.15) is 0 Å². The van der Waals surface area contributed by atoms with Gasteiger partial charge in [-0.05, 0) is 36.1 Å². The van der Waals surface area contributed by atoms with Crippen molar-refractivity contribution in [3.63, 3.8) is 0 Å². The van der Waals surface area contributed by atoms with Crippen LogP contribution >= 0.6 is 0 Å². The van der Waals surface area contributed by atoms with Gasteiger partial charge in [0.25, 0.3) is 0 Å². The SMILES string of the molecule is CN1CC=C(c2ccc(C(C)(C)C)cc2O)CC1. The maximum atomic E-state index is 10.2. The van der Waals surface area contributed by atoms with E-state index in [1.807, 2.05) is 6.07 Å². The van der Waals surface area contributed by atoms with Crippen molar-refractivity contribution >= 4 is 5.57 Å². The van der Waals surface area contributed by atoms with Crippen LogP contribution in [0, 0.1) is 0 Å². The van der Waals surface area contributed by atoms with Crippen molar-refractivity contribution in [2.75, 3.05) is 20.1 Å². The summed E-state index contributed by atoms with van der Waals surface area (Å²) in [6.07, 6.45) is 3.23. The summed E-state index contributed by atoms with van der Waals surface area (Å²) in [4.78, 5) is 2.28. The molecule has 0 radical (unpaired) electrons. The largest absolute Gasteiger partial charge is 0.507 e. The van der Waals surface area contributed by atoms with Crippen LogP contribution in [0.2, 0.25) is 0 Å². The number of benzene rings is 1. The summed E-state index contributed by atoms with van der Waals surface area (Å²) >= 11 is 0. The lowest BCUT2D eigenvalue weighted by atomic mass is 9.85. The van der Waals surface area contributed by atoms with E-state index in [4.69, 9.17) is 0 Å². The first-order valence-electron chi connectivity index (χ1n) is 6.59. The Morgan fingerprint density at radius 1 is 1.22 bits per heavy atom. The molecule has 2 heteroatoms. The van der Waals surface area contributed by atoms with Gasteiger partial charge in [-0.15, -0.1) is 0 Å². The Bertz CT molecular complexity index is 468. The molecule has 1 aliphatic heterocycles. The summed E-state index contributed by atoms with van der Waals surface area (Å²) in [6, 6.07) is 6.11. The molecule has 18 heavy (non-hydrogen) atoms. The maximum Gasteiger partial charge on any atom is 0.123 e. The highest BCUT2D eigenvalue weighted by Crippen LogP contribution is 2.33. The van der Waals surface area contributed by atoms with Gasteiger partial charge in [0.15, 0.2) is 0 Å². The van der Waals surface area contributed by atoms with Crippen molar-refractivity contribution in [1.82, 2.24) is 4.90 Å². The van der Waals surface area contributed by atoms with Crippen LogP contribution in [0.3, 0.4) is 0 Å². The van der Waals surface area contributed by atoms with E-state index in [0.29, 0.717) is 5.75 Å². The standard InChI is InChI=1S/C16H23NO/c1-16(2,3)13-5-6-14(15(18)11-13)12-7-9-17(4)10-8-12/h5-7,11,18H,8-10H2,1-4H3. The Morgan fingerprint density at radius 2 is 1.94 bits per heavy atom. The Hall–Kier alpha value is -1.28. The Balaban J connectivity index is 2.31. The third kappa shape index (κ3) is 2.75. The normalized spacial score (nSPS) is 17.7. The molecule has 0 saturated heterocycles. The smallest absolute Gasteiger partial charge is 0.123 e. The van der Waals surface area contributed by atoms with E-state index in [9.17, 15) is 5.11 Å². The van der Waals surface area contributed by atoms with Crippen LogP contribution < -0.4 is 0 Å². The van der Waals surface area contributed by atoms with Crippen molar-refractivity contribution in [3.05, 3.63) is 35.4 Å². The van der Waals surface area contributed by atoms with Gasteiger partial charge >= 0.3 is 0 Å². The zero-order chi connectivity index (χ0) is 13.3. The average molecular weight is 245 g/mol. The van der Waals surface area contributed by atoms with E-state index in [1.165, 1.54) is 11.1 Å². The molecular formula is C16H23NO. The minimum atomic E-state index is 0.0805. The van der Waals surface area contributed by atoms with Crippen molar-refractivity contribution in [1.29, 1.82) is 0 Å². The van der Waals surface area contributed by atoms with Crippen LogP contribution in [0.25, 0.3) is 5.57 Å². The molecular weight excluding hydrogens is 222 g/mol. The number of hydrogen-bond donors (Lipinski definition) is 1. The lowest BCUT2D eigenvalue weighted by molar-refractivity contribution is 0.369. The molecule has 0 saturated carbocycles. The highest BCUT2D eigenvalue weighted by molar-refractivity contribution is 5.71. The summed E-state index contributed by atoms with van der Waals surface area (Å²) in [5.74, 6) is 0.415. The fourth-order valence-electron chi connectivity index (χ4n) is 2.29. The van der Waals surface area contributed by atoms with Gasteiger partial charge in [0.1, 0.15) is 5.75 Å². The van der Waals surface area contributed by atoms with Gasteiger partial charge in [0.05, 0.1) is 0 Å². The summed E-state index contributed by atoms with van der Waals surface area (Å²) in [5.41, 5.74) is 3.52. The fraction of sp³-hybridized carbons (Fsp3) is 0.500. The molecule has 0 atom stereocenters. The second-order valence-corrected chi connectivity index (χ2v) is 6.22. The number of hydrogen-bond acceptors (Lipinski definition) is 2. The zero-order valence-corrected chi connectivity index (χ0v) is 11.8. The van der Waals surface area contributed by atoms with E-state index < -0.39 is 0 Å². The quantitative estimate of drug-likeness (QED) is 0.819. The minimum Gasteiger partial charge on any atom is -0.507 e. The first kappa shape index (κ1) is 13.2. The molecule has 0 spiro atoms. The number of nitrogens with zero attached hydrogens (tertiary/aromatic N) is 1. The molecule has 1 aliphatic rings. The molecule has 1 heterocycles. The lowest BCUT2D eigenvalue weighted by Gasteiger charge is -2.24. The van der Waals surface area contributed by atoms with Gasteiger partial charge < -0.3 is 10.0 Å². The summed E-state index contributed by atoms with van der Waals surface area (Å²) in [7, 11) is 2.12. The number of aromatic hydroxyl groups is 1. The Kier molecular flexibility index (Phi) is 3.49. The summed E-state index contributed by atoms with van der Waals surface area (Å²) in [5, 5.41) is 10.2. The number of phenols is 1. The van der Waals surface area contributed by atoms with E-state index in [-0.39, 0.29) is 5.41 Å². The molecule has 1 N–H and O–H groups in total. The summed E-state index contributed by atoms with van der Waals surface area (Å²) < 4.78 is 0. The predicted octanol–water partition coefficient (Wildman–Crippen LogP) is 3.41. The van der Waals surface area contributed by atoms with Gasteiger partial charge in [-0.3, -0.25) is 0 Å². The van der Waals surface area contributed by atoms with Gasteiger partial charge in [-0.25, -0.2) is 0 Å². The Labute approximate surface area is 110 Å². The van der Waals surface area contributed by atoms with Crippen LogP contribution in [0.1, 0.15) is 38.3 Å². The van der Waals surface area contributed by atoms with E-state index >= 15 is 0 Å². The Morgan fingerprint density at radius 3 is 2.44 bits per heavy atom. The minimum absolute atomic E-state index is 0.0805. The van der Waals surface area contributed by atoms with Crippen LogP contribution in [0.15, 0.2) is 24.3 Å².